The van der Waals surface area contributed by atoms with Gasteiger partial charge in [-0.25, -0.2) is 0 Å². The average Bonchev–Trinajstić information content (AvgIpc) is 2.60. The molecule has 1 saturated heterocycles. The van der Waals surface area contributed by atoms with Crippen molar-refractivity contribution in [1.82, 2.24) is 10.2 Å². The van der Waals surface area contributed by atoms with Crippen molar-refractivity contribution in [1.29, 1.82) is 0 Å². The van der Waals surface area contributed by atoms with E-state index in [0.29, 0.717) is 17.9 Å². The number of guanidine groups is 1. The number of nitrogens with zero attached hydrogens (tertiary/aromatic N) is 2. The van der Waals surface area contributed by atoms with Gasteiger partial charge in [-0.3, -0.25) is 4.99 Å². The van der Waals surface area contributed by atoms with Crippen molar-refractivity contribution in [2.24, 2.45) is 10.9 Å². The maximum atomic E-state index is 5.75. The highest BCUT2D eigenvalue weighted by atomic mass is 127. The van der Waals surface area contributed by atoms with Gasteiger partial charge in [0.25, 0.3) is 0 Å². The molecule has 5 heteroatoms. The van der Waals surface area contributed by atoms with Gasteiger partial charge in [-0.1, -0.05) is 44.2 Å². The number of aliphatic imine (C=N–C) groups is 1. The molecule has 2 rings (SSSR count). The summed E-state index contributed by atoms with van der Waals surface area (Å²) < 4.78 is 5.75. The summed E-state index contributed by atoms with van der Waals surface area (Å²) in [7, 11) is 1.88. The van der Waals surface area contributed by atoms with Gasteiger partial charge in [0, 0.05) is 39.2 Å². The highest BCUT2D eigenvalue weighted by molar-refractivity contribution is 14.0. The van der Waals surface area contributed by atoms with E-state index in [1.807, 2.05) is 7.05 Å². The van der Waals surface area contributed by atoms with Crippen molar-refractivity contribution < 1.29 is 4.74 Å². The van der Waals surface area contributed by atoms with E-state index in [2.05, 4.69) is 66.3 Å². The molecule has 0 amide bonds. The smallest absolute Gasteiger partial charge is 0.193 e. The van der Waals surface area contributed by atoms with Crippen molar-refractivity contribution >= 4 is 29.9 Å². The van der Waals surface area contributed by atoms with Gasteiger partial charge in [0.05, 0.1) is 6.10 Å². The Morgan fingerprint density at radius 3 is 2.40 bits per heavy atom. The Kier molecular flexibility index (Phi) is 10.4. The Labute approximate surface area is 170 Å². The number of piperidine rings is 1. The van der Waals surface area contributed by atoms with Crippen molar-refractivity contribution in [3.63, 3.8) is 0 Å². The Morgan fingerprint density at radius 1 is 1.24 bits per heavy atom. The van der Waals surface area contributed by atoms with Crippen LogP contribution in [0.1, 0.15) is 45.1 Å². The predicted molar refractivity (Wildman–Crippen MR) is 117 cm³/mol. The average molecular weight is 459 g/mol. The number of hydrogen-bond acceptors (Lipinski definition) is 2. The van der Waals surface area contributed by atoms with Crippen LogP contribution in [0.25, 0.3) is 0 Å². The molecular formula is C20H34IN3O. The summed E-state index contributed by atoms with van der Waals surface area (Å²) in [5.74, 6) is 2.09. The van der Waals surface area contributed by atoms with Gasteiger partial charge in [0.1, 0.15) is 0 Å². The van der Waals surface area contributed by atoms with Crippen molar-refractivity contribution in [2.75, 3.05) is 33.3 Å². The fraction of sp³-hybridized carbons (Fsp3) is 0.650. The molecule has 1 atom stereocenters. The van der Waals surface area contributed by atoms with E-state index >= 15 is 0 Å². The number of nitrogens with one attached hydrogen (secondary N) is 1. The van der Waals surface area contributed by atoms with Crippen LogP contribution in [0, 0.1) is 5.92 Å². The summed E-state index contributed by atoms with van der Waals surface area (Å²) in [5, 5.41) is 3.60. The number of halogens is 1. The SMILES string of the molecule is CCOC1CCN(C(=NC)NCC(c2ccccc2)C(C)C)CC1.I. The van der Waals surface area contributed by atoms with Crippen LogP contribution in [0.3, 0.4) is 0 Å². The first-order valence-electron chi connectivity index (χ1n) is 9.27. The normalized spacial score (nSPS) is 17.3. The first kappa shape index (κ1) is 22.2. The molecule has 1 aliphatic rings. The predicted octanol–water partition coefficient (Wildman–Crippen LogP) is 4.12. The summed E-state index contributed by atoms with van der Waals surface area (Å²) in [5.41, 5.74) is 1.39. The molecule has 0 aromatic heterocycles. The third-order valence-corrected chi connectivity index (χ3v) is 4.87. The Balaban J connectivity index is 0.00000312. The van der Waals surface area contributed by atoms with E-state index in [-0.39, 0.29) is 24.0 Å². The van der Waals surface area contributed by atoms with Crippen LogP contribution >= 0.6 is 24.0 Å². The number of benzene rings is 1. The molecule has 1 unspecified atom stereocenters. The zero-order valence-electron chi connectivity index (χ0n) is 16.1. The molecule has 0 aliphatic carbocycles. The molecule has 0 spiro atoms. The van der Waals surface area contributed by atoms with E-state index in [0.717, 1.165) is 45.0 Å². The molecular weight excluding hydrogens is 425 g/mol. The minimum Gasteiger partial charge on any atom is -0.378 e. The van der Waals surface area contributed by atoms with E-state index in [1.165, 1.54) is 5.56 Å². The summed E-state index contributed by atoms with van der Waals surface area (Å²) in [6, 6.07) is 10.8. The van der Waals surface area contributed by atoms with Gasteiger partial charge in [-0.2, -0.15) is 0 Å². The summed E-state index contributed by atoms with van der Waals surface area (Å²) in [6.45, 7) is 10.4. The lowest BCUT2D eigenvalue weighted by molar-refractivity contribution is 0.0263. The van der Waals surface area contributed by atoms with E-state index < -0.39 is 0 Å². The molecule has 1 N–H and O–H groups in total. The van der Waals surface area contributed by atoms with Crippen LogP contribution in [0.15, 0.2) is 35.3 Å². The molecule has 0 bridgehead atoms. The van der Waals surface area contributed by atoms with Crippen LogP contribution in [0.4, 0.5) is 0 Å². The van der Waals surface area contributed by atoms with E-state index in [1.54, 1.807) is 0 Å². The van der Waals surface area contributed by atoms with Crippen molar-refractivity contribution in [3.05, 3.63) is 35.9 Å². The number of rotatable bonds is 6. The fourth-order valence-electron chi connectivity index (χ4n) is 3.44. The molecule has 0 radical (unpaired) electrons. The lowest BCUT2D eigenvalue weighted by Crippen LogP contribution is -2.48. The van der Waals surface area contributed by atoms with Crippen LogP contribution in [-0.2, 0) is 4.74 Å². The number of hydrogen-bond donors (Lipinski definition) is 1. The topological polar surface area (TPSA) is 36.9 Å². The Hall–Kier alpha value is -0.820. The zero-order valence-corrected chi connectivity index (χ0v) is 18.4. The largest absolute Gasteiger partial charge is 0.378 e. The molecule has 1 aromatic carbocycles. The highest BCUT2D eigenvalue weighted by Crippen LogP contribution is 2.23. The zero-order chi connectivity index (χ0) is 17.4. The second kappa shape index (κ2) is 11.7. The maximum absolute atomic E-state index is 5.75. The van der Waals surface area contributed by atoms with Gasteiger partial charge >= 0.3 is 0 Å². The number of likely N-dealkylation sites (tertiary alicyclic amines) is 1. The third kappa shape index (κ3) is 6.77. The van der Waals surface area contributed by atoms with Gasteiger partial charge in [-0.15, -0.1) is 24.0 Å². The minimum absolute atomic E-state index is 0. The number of ether oxygens (including phenoxy) is 1. The second-order valence-electron chi connectivity index (χ2n) is 6.83. The van der Waals surface area contributed by atoms with Gasteiger partial charge in [0.15, 0.2) is 5.96 Å². The van der Waals surface area contributed by atoms with E-state index in [9.17, 15) is 0 Å². The molecule has 1 aliphatic heterocycles. The lowest BCUT2D eigenvalue weighted by Gasteiger charge is -2.35. The van der Waals surface area contributed by atoms with Crippen LogP contribution < -0.4 is 5.32 Å². The monoisotopic (exact) mass is 459 g/mol. The van der Waals surface area contributed by atoms with Crippen LogP contribution in [0.2, 0.25) is 0 Å². The quantitative estimate of drug-likeness (QED) is 0.395. The summed E-state index contributed by atoms with van der Waals surface area (Å²) in [6.07, 6.45) is 2.58. The standard InChI is InChI=1S/C20H33N3O.HI/c1-5-24-18-11-13-23(14-12-18)20(21-4)22-15-19(16(2)3)17-9-7-6-8-10-17;/h6-10,16,18-19H,5,11-15H2,1-4H3,(H,21,22);1H. The third-order valence-electron chi connectivity index (χ3n) is 4.87. The van der Waals surface area contributed by atoms with Crippen molar-refractivity contribution in [3.8, 4) is 0 Å². The van der Waals surface area contributed by atoms with Gasteiger partial charge in [-0.05, 0) is 31.2 Å². The Morgan fingerprint density at radius 2 is 1.88 bits per heavy atom. The fourth-order valence-corrected chi connectivity index (χ4v) is 3.44. The highest BCUT2D eigenvalue weighted by Gasteiger charge is 2.23. The summed E-state index contributed by atoms with van der Waals surface area (Å²) >= 11 is 0. The van der Waals surface area contributed by atoms with E-state index in [4.69, 9.17) is 4.74 Å². The second-order valence-corrected chi connectivity index (χ2v) is 6.83. The van der Waals surface area contributed by atoms with Gasteiger partial charge < -0.3 is 15.0 Å². The molecule has 142 valence electrons. The van der Waals surface area contributed by atoms with Crippen LogP contribution in [0.5, 0.6) is 0 Å². The molecule has 0 saturated carbocycles. The molecule has 1 heterocycles. The first-order chi connectivity index (χ1) is 11.7. The van der Waals surface area contributed by atoms with Crippen molar-refractivity contribution in [2.45, 2.75) is 45.6 Å². The lowest BCUT2D eigenvalue weighted by atomic mass is 9.88. The first-order valence-corrected chi connectivity index (χ1v) is 9.27. The molecule has 1 fully saturated rings. The molecule has 4 nitrogen and oxygen atoms in total. The molecule has 25 heavy (non-hydrogen) atoms. The summed E-state index contributed by atoms with van der Waals surface area (Å²) in [4.78, 5) is 6.86. The Bertz CT molecular complexity index is 499. The minimum atomic E-state index is 0. The van der Waals surface area contributed by atoms with Crippen LogP contribution in [-0.4, -0.2) is 50.3 Å². The molecule has 1 aromatic rings. The van der Waals surface area contributed by atoms with Gasteiger partial charge in [0.2, 0.25) is 0 Å². The maximum Gasteiger partial charge on any atom is 0.193 e.